The van der Waals surface area contributed by atoms with Crippen LogP contribution in [0.3, 0.4) is 0 Å². The maximum absolute atomic E-state index is 13.2. The summed E-state index contributed by atoms with van der Waals surface area (Å²) in [5, 5.41) is 3.07. The van der Waals surface area contributed by atoms with Gasteiger partial charge in [0, 0.05) is 0 Å². The predicted octanol–water partition coefficient (Wildman–Crippen LogP) is 5.62. The molecule has 0 radical (unpaired) electrons. The van der Waals surface area contributed by atoms with Crippen molar-refractivity contribution in [3.05, 3.63) is 144 Å². The topological polar surface area (TPSA) is 171 Å². The van der Waals surface area contributed by atoms with E-state index in [0.29, 0.717) is 10.8 Å². The third kappa shape index (κ3) is 5.50. The summed E-state index contributed by atoms with van der Waals surface area (Å²) in [5.41, 5.74) is -0.707. The lowest BCUT2D eigenvalue weighted by Crippen LogP contribution is -2.32. The molecule has 2 heterocycles. The van der Waals surface area contributed by atoms with Gasteiger partial charge in [0.25, 0.3) is 23.6 Å². The summed E-state index contributed by atoms with van der Waals surface area (Å²) >= 11 is 0. The Morgan fingerprint density at radius 3 is 1.18 bits per heavy atom. The van der Waals surface area contributed by atoms with Crippen molar-refractivity contribution in [1.29, 1.82) is 0 Å². The van der Waals surface area contributed by atoms with Crippen molar-refractivity contribution in [3.63, 3.8) is 0 Å². The van der Waals surface area contributed by atoms with Crippen LogP contribution in [-0.2, 0) is 28.8 Å². The Morgan fingerprint density at radius 1 is 0.392 bits per heavy atom. The number of ether oxygens (including phenoxy) is 1. The quantitative estimate of drug-likeness (QED) is 0.179. The number of carbonyl (C=O) groups is 4. The van der Waals surface area contributed by atoms with E-state index in [2.05, 4.69) is 0 Å². The Morgan fingerprint density at radius 2 is 0.765 bits per heavy atom. The van der Waals surface area contributed by atoms with E-state index in [4.69, 9.17) is 13.3 Å². The van der Waals surface area contributed by atoms with Crippen LogP contribution >= 0.6 is 0 Å². The van der Waals surface area contributed by atoms with Crippen LogP contribution in [0.5, 0.6) is 11.5 Å². The molecule has 0 fully saturated rings. The molecule has 4 amide bonds. The lowest BCUT2D eigenvalue weighted by molar-refractivity contribution is -0.0107. The molecule has 15 heteroatoms. The zero-order chi connectivity index (χ0) is 35.7. The molecular weight excluding hydrogens is 701 g/mol. The van der Waals surface area contributed by atoms with Crippen LogP contribution in [0.2, 0.25) is 0 Å². The number of hydrogen-bond donors (Lipinski definition) is 0. The number of benzene rings is 6. The van der Waals surface area contributed by atoms with E-state index in [0.717, 1.165) is 10.8 Å². The smallest absolute Gasteiger partial charge is 0.318 e. The molecule has 0 saturated carbocycles. The van der Waals surface area contributed by atoms with Crippen LogP contribution in [0.15, 0.2) is 131 Å². The Labute approximate surface area is 288 Å². The number of hydrogen-bond acceptors (Lipinski definition) is 11. The lowest BCUT2D eigenvalue weighted by Gasteiger charge is -2.13. The first-order valence-corrected chi connectivity index (χ1v) is 17.8. The predicted molar refractivity (Wildman–Crippen MR) is 178 cm³/mol. The van der Waals surface area contributed by atoms with Gasteiger partial charge in [-0.2, -0.15) is 16.8 Å². The second-order valence-electron chi connectivity index (χ2n) is 11.4. The summed E-state index contributed by atoms with van der Waals surface area (Å²) in [6.45, 7) is 0. The van der Waals surface area contributed by atoms with Gasteiger partial charge in [-0.25, -0.2) is 0 Å². The van der Waals surface area contributed by atoms with Crippen LogP contribution in [0.25, 0.3) is 21.5 Å². The van der Waals surface area contributed by atoms with Crippen molar-refractivity contribution in [2.75, 3.05) is 0 Å². The van der Waals surface area contributed by atoms with Crippen molar-refractivity contribution in [2.24, 2.45) is 0 Å². The maximum Gasteiger partial charge on any atom is 0.318 e. The molecule has 0 saturated heterocycles. The lowest BCUT2D eigenvalue weighted by atomic mass is 10.1. The Kier molecular flexibility index (Phi) is 7.32. The highest BCUT2D eigenvalue weighted by atomic mass is 32.2. The first-order chi connectivity index (χ1) is 24.4. The summed E-state index contributed by atoms with van der Waals surface area (Å²) in [5.74, 6) is -4.10. The molecule has 0 unspecified atom stereocenters. The molecule has 0 N–H and O–H groups in total. The van der Waals surface area contributed by atoms with Crippen LogP contribution in [-0.4, -0.2) is 50.6 Å². The zero-order valence-electron chi connectivity index (χ0n) is 25.7. The standard InChI is InChI=1S/C36H20N2O11S2/c39-33-29-15-11-25(19-31(29)35(41)37(33)48-50(43,44)27-13-9-21-5-1-3-7-23(21)17-27)47-26-12-16-30-32(20-26)36(42)38(34(30)40)49-51(45,46)28-14-10-22-6-2-4-8-24(22)18-28/h1-20H. The number of nitrogens with zero attached hydrogens (tertiary/aromatic N) is 2. The first kappa shape index (κ1) is 32.0. The van der Waals surface area contributed by atoms with Gasteiger partial charge in [0.2, 0.25) is 0 Å². The van der Waals surface area contributed by atoms with Crippen LogP contribution in [0.1, 0.15) is 41.4 Å². The highest BCUT2D eigenvalue weighted by Crippen LogP contribution is 2.34. The van der Waals surface area contributed by atoms with Crippen LogP contribution < -0.4 is 4.74 Å². The Bertz CT molecular complexity index is 2580. The van der Waals surface area contributed by atoms with Gasteiger partial charge in [-0.1, -0.05) is 60.7 Å². The van der Waals surface area contributed by atoms with E-state index in [1.165, 1.54) is 60.7 Å². The summed E-state index contributed by atoms with van der Waals surface area (Å²) < 4.78 is 68.0. The number of amides is 4. The Hall–Kier alpha value is -6.26. The number of carbonyl (C=O) groups excluding carboxylic acids is 4. The van der Waals surface area contributed by atoms with E-state index >= 15 is 0 Å². The number of imide groups is 2. The summed E-state index contributed by atoms with van der Waals surface area (Å²) in [6, 6.07) is 30.0. The summed E-state index contributed by atoms with van der Waals surface area (Å²) in [4.78, 5) is 51.9. The molecule has 13 nitrogen and oxygen atoms in total. The minimum absolute atomic E-state index is 0.0119. The van der Waals surface area contributed by atoms with Crippen molar-refractivity contribution >= 4 is 65.4 Å². The summed E-state index contributed by atoms with van der Waals surface area (Å²) in [6.07, 6.45) is 0. The second kappa shape index (κ2) is 11.7. The van der Waals surface area contributed by atoms with Gasteiger partial charge in [0.1, 0.15) is 11.5 Å². The van der Waals surface area contributed by atoms with Crippen LogP contribution in [0, 0.1) is 0 Å². The van der Waals surface area contributed by atoms with Gasteiger partial charge in [0.05, 0.1) is 32.0 Å². The zero-order valence-corrected chi connectivity index (χ0v) is 27.4. The molecule has 0 bridgehead atoms. The van der Waals surface area contributed by atoms with Crippen molar-refractivity contribution in [3.8, 4) is 11.5 Å². The van der Waals surface area contributed by atoms with Crippen molar-refractivity contribution in [2.45, 2.75) is 9.79 Å². The van der Waals surface area contributed by atoms with Crippen molar-refractivity contribution < 1.29 is 49.3 Å². The van der Waals surface area contributed by atoms with Crippen LogP contribution in [0.4, 0.5) is 0 Å². The summed E-state index contributed by atoms with van der Waals surface area (Å²) in [7, 11) is -9.18. The minimum Gasteiger partial charge on any atom is -0.457 e. The number of rotatable bonds is 8. The SMILES string of the molecule is O=C1c2ccc(Oc3ccc4c(c3)C(=O)N(OS(=O)(=O)c3ccc5ccccc5c3)C4=O)cc2C(=O)N1OS(=O)(=O)c1ccc2ccccc2c1. The van der Waals surface area contributed by atoms with Gasteiger partial charge in [-0.15, -0.1) is 18.7 Å². The number of fused-ring (bicyclic) bond motifs is 4. The fourth-order valence-corrected chi connectivity index (χ4v) is 7.57. The van der Waals surface area contributed by atoms with Gasteiger partial charge >= 0.3 is 20.2 Å². The van der Waals surface area contributed by atoms with Gasteiger partial charge in [-0.05, 0) is 82.2 Å². The third-order valence-corrected chi connectivity index (χ3v) is 10.6. The molecule has 0 aromatic heterocycles. The third-order valence-electron chi connectivity index (χ3n) is 8.24. The van der Waals surface area contributed by atoms with Gasteiger partial charge in [0.15, 0.2) is 0 Å². The molecular formula is C36H20N2O11S2. The molecule has 6 aromatic rings. The van der Waals surface area contributed by atoms with E-state index in [9.17, 15) is 36.0 Å². The van der Waals surface area contributed by atoms with E-state index in [-0.39, 0.29) is 53.7 Å². The van der Waals surface area contributed by atoms with Gasteiger partial charge in [-0.3, -0.25) is 19.2 Å². The molecule has 2 aliphatic rings. The molecule has 2 aliphatic heterocycles. The van der Waals surface area contributed by atoms with E-state index < -0.39 is 43.9 Å². The highest BCUT2D eigenvalue weighted by Gasteiger charge is 2.42. The molecule has 8 rings (SSSR count). The minimum atomic E-state index is -4.59. The Balaban J connectivity index is 0.994. The first-order valence-electron chi connectivity index (χ1n) is 15.0. The molecule has 0 atom stereocenters. The molecule has 0 aliphatic carbocycles. The maximum atomic E-state index is 13.2. The van der Waals surface area contributed by atoms with E-state index in [1.54, 1.807) is 60.7 Å². The van der Waals surface area contributed by atoms with Gasteiger partial charge < -0.3 is 4.74 Å². The molecule has 51 heavy (non-hydrogen) atoms. The monoisotopic (exact) mass is 720 g/mol. The second-order valence-corrected chi connectivity index (χ2v) is 14.5. The van der Waals surface area contributed by atoms with E-state index in [1.807, 2.05) is 0 Å². The average molecular weight is 721 g/mol. The largest absolute Gasteiger partial charge is 0.457 e. The molecule has 0 spiro atoms. The number of hydroxylamine groups is 4. The average Bonchev–Trinajstić information content (AvgIpc) is 3.50. The molecule has 6 aromatic carbocycles. The molecule has 252 valence electrons. The van der Waals surface area contributed by atoms with Crippen molar-refractivity contribution in [1.82, 2.24) is 10.1 Å². The fourth-order valence-electron chi connectivity index (χ4n) is 5.72. The highest BCUT2D eigenvalue weighted by molar-refractivity contribution is 7.87. The normalized spacial score (nSPS) is 14.4. The fraction of sp³-hybridized carbons (Fsp3) is 0.